The largest absolute Gasteiger partial charge is 0.468 e. The molecule has 0 aromatic heterocycles. The van der Waals surface area contributed by atoms with E-state index >= 15 is 0 Å². The summed E-state index contributed by atoms with van der Waals surface area (Å²) in [6, 6.07) is -0.905. The van der Waals surface area contributed by atoms with Crippen LogP contribution in [0.3, 0.4) is 0 Å². The van der Waals surface area contributed by atoms with Crippen molar-refractivity contribution in [1.29, 1.82) is 0 Å². The molecule has 22 heavy (non-hydrogen) atoms. The van der Waals surface area contributed by atoms with E-state index in [1.54, 1.807) is 0 Å². The molecule has 0 saturated carbocycles. The smallest absolute Gasteiger partial charge is 0.325 e. The standard InChI is InChI=1S/C18H37NO3/c1-3-4-5-6-7-8-9-10-11-12-13-14-15-16(20)17(19)18(21)22-2/h16-17,20H,3-15,19H2,1-2H3/t16-,17+/m0/s1. The van der Waals surface area contributed by atoms with E-state index in [0.29, 0.717) is 6.42 Å². The van der Waals surface area contributed by atoms with E-state index in [2.05, 4.69) is 11.7 Å². The van der Waals surface area contributed by atoms with E-state index in [-0.39, 0.29) is 0 Å². The Morgan fingerprint density at radius 3 is 1.73 bits per heavy atom. The van der Waals surface area contributed by atoms with Crippen molar-refractivity contribution < 1.29 is 14.6 Å². The number of carbonyl (C=O) groups is 1. The molecule has 0 spiro atoms. The average Bonchev–Trinajstić information content (AvgIpc) is 2.54. The predicted molar refractivity (Wildman–Crippen MR) is 91.7 cm³/mol. The molecule has 0 heterocycles. The van der Waals surface area contributed by atoms with Gasteiger partial charge in [-0.15, -0.1) is 0 Å². The van der Waals surface area contributed by atoms with E-state index in [9.17, 15) is 9.90 Å². The summed E-state index contributed by atoms with van der Waals surface area (Å²) in [6.45, 7) is 2.25. The SMILES string of the molecule is CCCCCCCCCCCCCC[C@H](O)[C@@H](N)C(=O)OC. The van der Waals surface area contributed by atoms with Crippen molar-refractivity contribution in [3.05, 3.63) is 0 Å². The number of aliphatic hydroxyl groups excluding tert-OH is 1. The summed E-state index contributed by atoms with van der Waals surface area (Å²) in [4.78, 5) is 11.2. The Morgan fingerprint density at radius 2 is 1.32 bits per heavy atom. The van der Waals surface area contributed by atoms with Crippen molar-refractivity contribution in [2.75, 3.05) is 7.11 Å². The molecule has 0 amide bonds. The molecule has 0 aliphatic rings. The third kappa shape index (κ3) is 12.0. The van der Waals surface area contributed by atoms with Gasteiger partial charge in [0.15, 0.2) is 0 Å². The van der Waals surface area contributed by atoms with Gasteiger partial charge >= 0.3 is 5.97 Å². The Labute approximate surface area is 136 Å². The molecule has 0 fully saturated rings. The van der Waals surface area contributed by atoms with Gasteiger partial charge in [-0.1, -0.05) is 84.0 Å². The first-order chi connectivity index (χ1) is 10.6. The second-order valence-corrected chi connectivity index (χ2v) is 6.29. The molecule has 0 aromatic rings. The van der Waals surface area contributed by atoms with Gasteiger partial charge in [0.1, 0.15) is 6.04 Å². The highest BCUT2D eigenvalue weighted by atomic mass is 16.5. The van der Waals surface area contributed by atoms with Gasteiger partial charge in [-0.2, -0.15) is 0 Å². The lowest BCUT2D eigenvalue weighted by molar-refractivity contribution is -0.145. The minimum absolute atomic E-state index is 0.536. The van der Waals surface area contributed by atoms with E-state index in [4.69, 9.17) is 5.73 Å². The minimum Gasteiger partial charge on any atom is -0.468 e. The fraction of sp³-hybridized carbons (Fsp3) is 0.944. The third-order valence-corrected chi connectivity index (χ3v) is 4.24. The van der Waals surface area contributed by atoms with Crippen LogP contribution in [0.15, 0.2) is 0 Å². The summed E-state index contributed by atoms with van der Waals surface area (Å²) in [7, 11) is 1.29. The summed E-state index contributed by atoms with van der Waals surface area (Å²) in [5, 5.41) is 9.75. The Bertz CT molecular complexity index is 259. The minimum atomic E-state index is -0.905. The van der Waals surface area contributed by atoms with Crippen LogP contribution in [0.1, 0.15) is 90.4 Å². The first-order valence-corrected chi connectivity index (χ1v) is 9.15. The zero-order chi connectivity index (χ0) is 16.6. The number of aliphatic hydroxyl groups is 1. The lowest BCUT2D eigenvalue weighted by Crippen LogP contribution is -2.42. The van der Waals surface area contributed by atoms with Gasteiger partial charge in [0.25, 0.3) is 0 Å². The number of hydrogen-bond donors (Lipinski definition) is 2. The number of nitrogens with two attached hydrogens (primary N) is 1. The number of hydrogen-bond acceptors (Lipinski definition) is 4. The zero-order valence-electron chi connectivity index (χ0n) is 14.7. The topological polar surface area (TPSA) is 72.5 Å². The second kappa shape index (κ2) is 15.3. The number of ether oxygens (including phenoxy) is 1. The maximum Gasteiger partial charge on any atom is 0.325 e. The highest BCUT2D eigenvalue weighted by molar-refractivity contribution is 5.75. The van der Waals surface area contributed by atoms with Crippen LogP contribution in [0.2, 0.25) is 0 Å². The monoisotopic (exact) mass is 315 g/mol. The van der Waals surface area contributed by atoms with Gasteiger partial charge in [0.2, 0.25) is 0 Å². The molecular weight excluding hydrogens is 278 g/mol. The van der Waals surface area contributed by atoms with E-state index in [0.717, 1.165) is 12.8 Å². The summed E-state index contributed by atoms with van der Waals surface area (Å²) in [5.74, 6) is -0.536. The van der Waals surface area contributed by atoms with Gasteiger partial charge in [0, 0.05) is 0 Å². The van der Waals surface area contributed by atoms with Gasteiger partial charge in [-0.25, -0.2) is 0 Å². The molecular formula is C18H37NO3. The molecule has 0 bridgehead atoms. The molecule has 0 aliphatic heterocycles. The van der Waals surface area contributed by atoms with Crippen LogP contribution in [-0.2, 0) is 9.53 Å². The van der Waals surface area contributed by atoms with Gasteiger partial charge in [0.05, 0.1) is 13.2 Å². The number of unbranched alkanes of at least 4 members (excludes halogenated alkanes) is 11. The molecule has 4 heteroatoms. The predicted octanol–water partition coefficient (Wildman–Crippen LogP) is 3.94. The molecule has 0 unspecified atom stereocenters. The van der Waals surface area contributed by atoms with Gasteiger partial charge in [-0.05, 0) is 6.42 Å². The summed E-state index contributed by atoms with van der Waals surface area (Å²) < 4.78 is 4.52. The molecule has 0 saturated heterocycles. The molecule has 0 aliphatic carbocycles. The molecule has 4 nitrogen and oxygen atoms in total. The van der Waals surface area contributed by atoms with E-state index < -0.39 is 18.1 Å². The van der Waals surface area contributed by atoms with Crippen LogP contribution in [0.5, 0.6) is 0 Å². The van der Waals surface area contributed by atoms with Crippen LogP contribution in [0.4, 0.5) is 0 Å². The highest BCUT2D eigenvalue weighted by Gasteiger charge is 2.22. The van der Waals surface area contributed by atoms with Crippen molar-refractivity contribution >= 4 is 5.97 Å². The normalized spacial score (nSPS) is 13.8. The molecule has 132 valence electrons. The molecule has 0 aromatic carbocycles. The number of rotatable bonds is 15. The molecule has 0 rings (SSSR count). The van der Waals surface area contributed by atoms with Gasteiger partial charge in [-0.3, -0.25) is 4.79 Å². The number of methoxy groups -OCH3 is 1. The quantitative estimate of drug-likeness (QED) is 0.355. The summed E-state index contributed by atoms with van der Waals surface area (Å²) in [5.41, 5.74) is 5.59. The van der Waals surface area contributed by atoms with Crippen molar-refractivity contribution in [1.82, 2.24) is 0 Å². The lowest BCUT2D eigenvalue weighted by Gasteiger charge is -2.16. The maximum atomic E-state index is 11.2. The Balaban J connectivity index is 3.28. The maximum absolute atomic E-state index is 11.2. The van der Waals surface area contributed by atoms with Crippen LogP contribution in [0, 0.1) is 0 Å². The summed E-state index contributed by atoms with van der Waals surface area (Å²) in [6.07, 6.45) is 15.2. The first-order valence-electron chi connectivity index (χ1n) is 9.15. The highest BCUT2D eigenvalue weighted by Crippen LogP contribution is 2.13. The van der Waals surface area contributed by atoms with E-state index in [1.807, 2.05) is 0 Å². The van der Waals surface area contributed by atoms with Crippen LogP contribution in [-0.4, -0.2) is 30.3 Å². The van der Waals surface area contributed by atoms with Crippen molar-refractivity contribution in [2.24, 2.45) is 5.73 Å². The van der Waals surface area contributed by atoms with Crippen LogP contribution >= 0.6 is 0 Å². The Kier molecular flexibility index (Phi) is 14.9. The third-order valence-electron chi connectivity index (χ3n) is 4.24. The van der Waals surface area contributed by atoms with Crippen LogP contribution in [0.25, 0.3) is 0 Å². The van der Waals surface area contributed by atoms with Crippen molar-refractivity contribution in [3.63, 3.8) is 0 Å². The number of carbonyl (C=O) groups excluding carboxylic acids is 1. The Morgan fingerprint density at radius 1 is 0.909 bits per heavy atom. The fourth-order valence-electron chi connectivity index (χ4n) is 2.67. The van der Waals surface area contributed by atoms with E-state index in [1.165, 1.54) is 71.3 Å². The van der Waals surface area contributed by atoms with Crippen LogP contribution < -0.4 is 5.73 Å². The van der Waals surface area contributed by atoms with Gasteiger partial charge < -0.3 is 15.6 Å². The number of esters is 1. The molecule has 3 N–H and O–H groups in total. The molecule has 2 atom stereocenters. The molecule has 0 radical (unpaired) electrons. The average molecular weight is 315 g/mol. The zero-order valence-corrected chi connectivity index (χ0v) is 14.7. The fourth-order valence-corrected chi connectivity index (χ4v) is 2.67. The Hall–Kier alpha value is -0.610. The summed E-state index contributed by atoms with van der Waals surface area (Å²) >= 11 is 0. The lowest BCUT2D eigenvalue weighted by atomic mass is 10.0. The first kappa shape index (κ1) is 21.4. The second-order valence-electron chi connectivity index (χ2n) is 6.29. The van der Waals surface area contributed by atoms with Crippen molar-refractivity contribution in [3.8, 4) is 0 Å². The van der Waals surface area contributed by atoms with Crippen molar-refractivity contribution in [2.45, 2.75) is 103 Å².